The highest BCUT2D eigenvalue weighted by molar-refractivity contribution is 6.31. The predicted octanol–water partition coefficient (Wildman–Crippen LogP) is 2.88. The first-order chi connectivity index (χ1) is 8.29. The Kier molecular flexibility index (Phi) is 3.75. The number of halogens is 1. The lowest BCUT2D eigenvalue weighted by Gasteiger charge is -2.06. The van der Waals surface area contributed by atoms with E-state index in [1.165, 1.54) is 0 Å². The maximum atomic E-state index is 5.93. The van der Waals surface area contributed by atoms with Crippen LogP contribution in [-0.4, -0.2) is 5.84 Å². The van der Waals surface area contributed by atoms with Crippen LogP contribution in [0.2, 0.25) is 5.02 Å². The van der Waals surface area contributed by atoms with E-state index in [2.05, 4.69) is 10.4 Å². The van der Waals surface area contributed by atoms with Crippen LogP contribution in [0.5, 0.6) is 0 Å². The van der Waals surface area contributed by atoms with E-state index in [4.69, 9.17) is 17.4 Å². The molecule has 0 spiro atoms. The van der Waals surface area contributed by atoms with Crippen molar-refractivity contribution in [2.24, 2.45) is 10.8 Å². The minimum Gasteiger partial charge on any atom is -0.308 e. The van der Waals surface area contributed by atoms with Crippen LogP contribution in [-0.2, 0) is 0 Å². The average Bonchev–Trinajstić information content (AvgIpc) is 2.37. The van der Waals surface area contributed by atoms with E-state index in [0.717, 1.165) is 11.3 Å². The molecule has 86 valence electrons. The molecule has 2 aromatic rings. The lowest BCUT2D eigenvalue weighted by atomic mass is 10.2. The smallest absolute Gasteiger partial charge is 0.147 e. The van der Waals surface area contributed by atoms with Crippen LogP contribution in [0.4, 0.5) is 5.69 Å². The maximum Gasteiger partial charge on any atom is 0.147 e. The number of hydrogen-bond donors (Lipinski definition) is 2. The second kappa shape index (κ2) is 5.48. The molecule has 0 heterocycles. The van der Waals surface area contributed by atoms with Gasteiger partial charge in [-0.15, -0.1) is 0 Å². The number of hydrogen-bond acceptors (Lipinski definition) is 2. The molecule has 0 saturated heterocycles. The zero-order chi connectivity index (χ0) is 12.1. The summed E-state index contributed by atoms with van der Waals surface area (Å²) in [7, 11) is 0. The van der Waals surface area contributed by atoms with Gasteiger partial charge in [0.05, 0.1) is 5.69 Å². The fourth-order valence-corrected chi connectivity index (χ4v) is 1.64. The number of nitrogens with zero attached hydrogens (tertiary/aromatic N) is 1. The summed E-state index contributed by atoms with van der Waals surface area (Å²) in [6, 6.07) is 17.0. The molecule has 4 heteroatoms. The van der Waals surface area contributed by atoms with E-state index in [0.29, 0.717) is 10.9 Å². The number of nitrogens with one attached hydrogen (secondary N) is 1. The third-order valence-corrected chi connectivity index (χ3v) is 2.47. The molecule has 0 radical (unpaired) electrons. The number of aliphatic imine (C=N–C) groups is 1. The summed E-state index contributed by atoms with van der Waals surface area (Å²) in [5.74, 6) is 6.06. The molecule has 0 unspecified atom stereocenters. The van der Waals surface area contributed by atoms with Gasteiger partial charge in [-0.3, -0.25) is 0 Å². The molecule has 0 atom stereocenters. The monoisotopic (exact) mass is 245 g/mol. The normalized spacial score (nSPS) is 11.3. The van der Waals surface area contributed by atoms with Crippen molar-refractivity contribution < 1.29 is 0 Å². The van der Waals surface area contributed by atoms with Gasteiger partial charge in [-0.05, 0) is 24.3 Å². The third-order valence-electron chi connectivity index (χ3n) is 2.23. The second-order valence-electron chi connectivity index (χ2n) is 3.45. The second-order valence-corrected chi connectivity index (χ2v) is 3.89. The SMILES string of the molecule is NNC(=Nc1ccccc1)c1cccc(Cl)c1. The van der Waals surface area contributed by atoms with E-state index >= 15 is 0 Å². The van der Waals surface area contributed by atoms with Gasteiger partial charge in [-0.1, -0.05) is 41.9 Å². The Labute approximate surface area is 105 Å². The van der Waals surface area contributed by atoms with Gasteiger partial charge in [0.2, 0.25) is 0 Å². The van der Waals surface area contributed by atoms with Crippen LogP contribution in [0, 0.1) is 0 Å². The van der Waals surface area contributed by atoms with Gasteiger partial charge < -0.3 is 5.43 Å². The Hall–Kier alpha value is -1.84. The van der Waals surface area contributed by atoms with E-state index in [-0.39, 0.29) is 0 Å². The maximum absolute atomic E-state index is 5.93. The molecule has 0 aliphatic carbocycles. The zero-order valence-electron chi connectivity index (χ0n) is 9.10. The molecular weight excluding hydrogens is 234 g/mol. The first kappa shape index (κ1) is 11.6. The quantitative estimate of drug-likeness (QED) is 0.370. The summed E-state index contributed by atoms with van der Waals surface area (Å²) in [5, 5.41) is 0.651. The van der Waals surface area contributed by atoms with E-state index in [9.17, 15) is 0 Å². The molecule has 17 heavy (non-hydrogen) atoms. The topological polar surface area (TPSA) is 50.4 Å². The van der Waals surface area contributed by atoms with Crippen molar-refractivity contribution in [2.75, 3.05) is 0 Å². The Morgan fingerprint density at radius 3 is 2.47 bits per heavy atom. The van der Waals surface area contributed by atoms with Crippen molar-refractivity contribution >= 4 is 23.1 Å². The van der Waals surface area contributed by atoms with Crippen LogP contribution < -0.4 is 11.3 Å². The predicted molar refractivity (Wildman–Crippen MR) is 71.4 cm³/mol. The molecule has 0 bridgehead atoms. The molecule has 3 N–H and O–H groups in total. The van der Waals surface area contributed by atoms with Gasteiger partial charge in [0.1, 0.15) is 5.84 Å². The van der Waals surface area contributed by atoms with Gasteiger partial charge >= 0.3 is 0 Å². The average molecular weight is 246 g/mol. The van der Waals surface area contributed by atoms with Crippen LogP contribution in [0.1, 0.15) is 5.56 Å². The highest BCUT2D eigenvalue weighted by atomic mass is 35.5. The van der Waals surface area contributed by atoms with Crippen LogP contribution >= 0.6 is 11.6 Å². The Morgan fingerprint density at radius 2 is 1.82 bits per heavy atom. The third kappa shape index (κ3) is 3.06. The minimum absolute atomic E-state index is 0.582. The van der Waals surface area contributed by atoms with Crippen LogP contribution in [0.3, 0.4) is 0 Å². The molecule has 0 saturated carbocycles. The van der Waals surface area contributed by atoms with E-state index < -0.39 is 0 Å². The molecule has 3 nitrogen and oxygen atoms in total. The summed E-state index contributed by atoms with van der Waals surface area (Å²) >= 11 is 5.93. The lowest BCUT2D eigenvalue weighted by Crippen LogP contribution is -2.30. The fourth-order valence-electron chi connectivity index (χ4n) is 1.45. The summed E-state index contributed by atoms with van der Waals surface area (Å²) in [4.78, 5) is 4.41. The Bertz CT molecular complexity index is 523. The lowest BCUT2D eigenvalue weighted by molar-refractivity contribution is 1.02. The number of benzene rings is 2. The largest absolute Gasteiger partial charge is 0.308 e. The van der Waals surface area contributed by atoms with Crippen LogP contribution in [0.15, 0.2) is 59.6 Å². The molecule has 0 fully saturated rings. The molecule has 0 aromatic heterocycles. The van der Waals surface area contributed by atoms with Gasteiger partial charge in [0.25, 0.3) is 0 Å². The van der Waals surface area contributed by atoms with Crippen molar-refractivity contribution in [2.45, 2.75) is 0 Å². The molecule has 0 aliphatic rings. The molecule has 0 amide bonds. The highest BCUT2D eigenvalue weighted by Gasteiger charge is 2.02. The molecule has 2 aromatic carbocycles. The van der Waals surface area contributed by atoms with Crippen LogP contribution in [0.25, 0.3) is 0 Å². The number of hydrazine groups is 1. The van der Waals surface area contributed by atoms with E-state index in [1.807, 2.05) is 54.6 Å². The Morgan fingerprint density at radius 1 is 1.06 bits per heavy atom. The first-order valence-electron chi connectivity index (χ1n) is 5.16. The van der Waals surface area contributed by atoms with Gasteiger partial charge in [-0.2, -0.15) is 0 Å². The number of para-hydroxylation sites is 1. The number of amidine groups is 1. The van der Waals surface area contributed by atoms with Crippen molar-refractivity contribution in [3.63, 3.8) is 0 Å². The highest BCUT2D eigenvalue weighted by Crippen LogP contribution is 2.14. The number of rotatable bonds is 2. The Balaban J connectivity index is 2.37. The van der Waals surface area contributed by atoms with Crippen molar-refractivity contribution in [3.05, 3.63) is 65.2 Å². The van der Waals surface area contributed by atoms with Crippen molar-refractivity contribution in [3.8, 4) is 0 Å². The fraction of sp³-hybridized carbons (Fsp3) is 0. The van der Waals surface area contributed by atoms with Crippen molar-refractivity contribution in [1.82, 2.24) is 5.43 Å². The van der Waals surface area contributed by atoms with Crippen molar-refractivity contribution in [1.29, 1.82) is 0 Å². The minimum atomic E-state index is 0.582. The zero-order valence-corrected chi connectivity index (χ0v) is 9.85. The molecular formula is C13H12ClN3. The van der Waals surface area contributed by atoms with E-state index in [1.54, 1.807) is 0 Å². The molecule has 2 rings (SSSR count). The summed E-state index contributed by atoms with van der Waals surface area (Å²) < 4.78 is 0. The van der Waals surface area contributed by atoms with Gasteiger partial charge in [0, 0.05) is 10.6 Å². The summed E-state index contributed by atoms with van der Waals surface area (Å²) in [6.45, 7) is 0. The first-order valence-corrected chi connectivity index (χ1v) is 5.53. The van der Waals surface area contributed by atoms with Gasteiger partial charge in [-0.25, -0.2) is 10.8 Å². The van der Waals surface area contributed by atoms with Gasteiger partial charge in [0.15, 0.2) is 0 Å². The number of nitrogens with two attached hydrogens (primary N) is 1. The summed E-state index contributed by atoms with van der Waals surface area (Å²) in [6.07, 6.45) is 0. The molecule has 0 aliphatic heterocycles. The summed E-state index contributed by atoms with van der Waals surface area (Å²) in [5.41, 5.74) is 4.27. The standard InChI is InChI=1S/C13H12ClN3/c14-11-6-4-5-10(9-11)13(17-15)16-12-7-2-1-3-8-12/h1-9H,15H2,(H,16,17).